The van der Waals surface area contributed by atoms with Crippen molar-refractivity contribution in [1.82, 2.24) is 10.3 Å². The summed E-state index contributed by atoms with van der Waals surface area (Å²) in [6.07, 6.45) is 5.97. The maximum absolute atomic E-state index is 12.1. The van der Waals surface area contributed by atoms with E-state index in [9.17, 15) is 14.9 Å². The molecule has 7 nitrogen and oxygen atoms in total. The lowest BCUT2D eigenvalue weighted by molar-refractivity contribution is -0.117. The van der Waals surface area contributed by atoms with Crippen molar-refractivity contribution >= 4 is 18.0 Å². The second-order valence-corrected chi connectivity index (χ2v) is 5.63. The molecule has 0 saturated heterocycles. The molecule has 0 unspecified atom stereocenters. The lowest BCUT2D eigenvalue weighted by Gasteiger charge is -2.05. The molecule has 7 heteroatoms. The van der Waals surface area contributed by atoms with Gasteiger partial charge >= 0.3 is 5.97 Å². The van der Waals surface area contributed by atoms with Gasteiger partial charge in [0.15, 0.2) is 0 Å². The van der Waals surface area contributed by atoms with Gasteiger partial charge in [0.25, 0.3) is 5.91 Å². The van der Waals surface area contributed by atoms with Gasteiger partial charge in [-0.15, -0.1) is 0 Å². The van der Waals surface area contributed by atoms with Gasteiger partial charge in [-0.1, -0.05) is 12.1 Å². The number of aromatic nitrogens is 1. The fourth-order valence-corrected chi connectivity index (χ4v) is 2.28. The van der Waals surface area contributed by atoms with Gasteiger partial charge < -0.3 is 14.5 Å². The molecule has 0 aliphatic rings. The number of furan rings is 1. The Labute approximate surface area is 160 Å². The zero-order valence-electron chi connectivity index (χ0n) is 14.7. The highest BCUT2D eigenvalue weighted by Gasteiger charge is 2.10. The van der Waals surface area contributed by atoms with E-state index in [1.54, 1.807) is 48.5 Å². The number of amides is 1. The standard InChI is InChI=1S/C21H15N3O4/c22-13-17(20(25)24-14-19-2-1-11-27-19)12-15-3-5-18(6-4-15)28-21(26)16-7-9-23-10-8-16/h1-12H,14H2,(H,24,25)/b17-12+. The summed E-state index contributed by atoms with van der Waals surface area (Å²) in [5.41, 5.74) is 0.959. The molecular weight excluding hydrogens is 358 g/mol. The lowest BCUT2D eigenvalue weighted by Crippen LogP contribution is -2.23. The average molecular weight is 373 g/mol. The number of nitrogens with one attached hydrogen (secondary N) is 1. The van der Waals surface area contributed by atoms with Gasteiger partial charge in [-0.3, -0.25) is 9.78 Å². The molecule has 0 atom stereocenters. The number of pyridine rings is 1. The Morgan fingerprint density at radius 1 is 1.14 bits per heavy atom. The number of nitrogens with zero attached hydrogens (tertiary/aromatic N) is 2. The molecule has 138 valence electrons. The minimum Gasteiger partial charge on any atom is -0.467 e. The molecule has 0 spiro atoms. The van der Waals surface area contributed by atoms with E-state index in [1.165, 1.54) is 24.7 Å². The van der Waals surface area contributed by atoms with Crippen LogP contribution in [0.5, 0.6) is 5.75 Å². The SMILES string of the molecule is N#C/C(=C\c1ccc(OC(=O)c2ccncc2)cc1)C(=O)NCc1ccco1. The molecule has 3 aromatic rings. The normalized spacial score (nSPS) is 10.8. The van der Waals surface area contributed by atoms with Crippen molar-refractivity contribution < 1.29 is 18.7 Å². The maximum Gasteiger partial charge on any atom is 0.343 e. The van der Waals surface area contributed by atoms with Crippen molar-refractivity contribution in [2.45, 2.75) is 6.54 Å². The average Bonchev–Trinajstić information content (AvgIpc) is 3.25. The van der Waals surface area contributed by atoms with Crippen LogP contribution in [0.3, 0.4) is 0 Å². The van der Waals surface area contributed by atoms with Crippen molar-refractivity contribution in [3.63, 3.8) is 0 Å². The van der Waals surface area contributed by atoms with Crippen LogP contribution >= 0.6 is 0 Å². The molecule has 2 aromatic heterocycles. The maximum atomic E-state index is 12.1. The Morgan fingerprint density at radius 2 is 1.89 bits per heavy atom. The van der Waals surface area contributed by atoms with Crippen LogP contribution in [0.25, 0.3) is 6.08 Å². The van der Waals surface area contributed by atoms with E-state index in [1.807, 2.05) is 6.07 Å². The first-order chi connectivity index (χ1) is 13.7. The van der Waals surface area contributed by atoms with Crippen molar-refractivity contribution in [3.05, 3.63) is 89.6 Å². The number of hydrogen-bond acceptors (Lipinski definition) is 6. The van der Waals surface area contributed by atoms with Crippen molar-refractivity contribution in [3.8, 4) is 11.8 Å². The van der Waals surface area contributed by atoms with Gasteiger partial charge in [0, 0.05) is 12.4 Å². The Hall–Kier alpha value is -4.18. The van der Waals surface area contributed by atoms with E-state index in [-0.39, 0.29) is 12.1 Å². The molecule has 3 rings (SSSR count). The third-order valence-electron chi connectivity index (χ3n) is 3.69. The summed E-state index contributed by atoms with van der Waals surface area (Å²) in [5, 5.41) is 11.9. The minimum atomic E-state index is -0.507. The minimum absolute atomic E-state index is 0.0481. The van der Waals surface area contributed by atoms with Gasteiger partial charge in [0.05, 0.1) is 18.4 Å². The molecule has 1 amide bonds. The summed E-state index contributed by atoms with van der Waals surface area (Å²) in [6.45, 7) is 0.189. The number of carbonyl (C=O) groups is 2. The quantitative estimate of drug-likeness (QED) is 0.308. The number of benzene rings is 1. The van der Waals surface area contributed by atoms with E-state index in [0.717, 1.165) is 0 Å². The fraction of sp³-hybridized carbons (Fsp3) is 0.0476. The lowest BCUT2D eigenvalue weighted by atomic mass is 10.1. The molecule has 0 radical (unpaired) electrons. The summed E-state index contributed by atoms with van der Waals surface area (Å²) in [7, 11) is 0. The molecule has 0 fully saturated rings. The van der Waals surface area contributed by atoms with E-state index in [2.05, 4.69) is 10.3 Å². The molecule has 2 heterocycles. The van der Waals surface area contributed by atoms with E-state index >= 15 is 0 Å². The van der Waals surface area contributed by atoms with Crippen LogP contribution in [-0.2, 0) is 11.3 Å². The Bertz CT molecular complexity index is 1020. The highest BCUT2D eigenvalue weighted by molar-refractivity contribution is 6.01. The molecule has 1 aromatic carbocycles. The number of esters is 1. The first-order valence-corrected chi connectivity index (χ1v) is 8.30. The number of hydrogen-bond donors (Lipinski definition) is 1. The topological polar surface area (TPSA) is 105 Å². The number of carbonyl (C=O) groups excluding carboxylic acids is 2. The summed E-state index contributed by atoms with van der Waals surface area (Å²) >= 11 is 0. The highest BCUT2D eigenvalue weighted by atomic mass is 16.5. The third kappa shape index (κ3) is 4.93. The van der Waals surface area contributed by atoms with Crippen molar-refractivity contribution in [2.75, 3.05) is 0 Å². The molecular formula is C21H15N3O4. The monoisotopic (exact) mass is 373 g/mol. The third-order valence-corrected chi connectivity index (χ3v) is 3.69. The Morgan fingerprint density at radius 3 is 2.54 bits per heavy atom. The zero-order valence-corrected chi connectivity index (χ0v) is 14.7. The van der Waals surface area contributed by atoms with Gasteiger partial charge in [0.2, 0.25) is 0 Å². The van der Waals surface area contributed by atoms with E-state index < -0.39 is 11.9 Å². The first-order valence-electron chi connectivity index (χ1n) is 8.30. The predicted molar refractivity (Wildman–Crippen MR) is 99.8 cm³/mol. The molecule has 0 aliphatic carbocycles. The first kappa shape index (κ1) is 18.6. The van der Waals surface area contributed by atoms with Crippen molar-refractivity contribution in [1.29, 1.82) is 5.26 Å². The Kier molecular flexibility index (Phi) is 5.95. The van der Waals surface area contributed by atoms with Crippen LogP contribution in [0.15, 0.2) is 77.2 Å². The largest absolute Gasteiger partial charge is 0.467 e. The second kappa shape index (κ2) is 8.96. The van der Waals surface area contributed by atoms with E-state index in [0.29, 0.717) is 22.6 Å². The molecule has 28 heavy (non-hydrogen) atoms. The summed E-state index contributed by atoms with van der Waals surface area (Å²) in [4.78, 5) is 28.0. The van der Waals surface area contributed by atoms with Gasteiger partial charge in [-0.2, -0.15) is 5.26 Å². The second-order valence-electron chi connectivity index (χ2n) is 5.63. The van der Waals surface area contributed by atoms with Crippen LogP contribution in [0, 0.1) is 11.3 Å². The van der Waals surface area contributed by atoms with Gasteiger partial charge in [-0.05, 0) is 48.0 Å². The molecule has 0 saturated carbocycles. The van der Waals surface area contributed by atoms with Gasteiger partial charge in [-0.25, -0.2) is 4.79 Å². The van der Waals surface area contributed by atoms with E-state index in [4.69, 9.17) is 9.15 Å². The van der Waals surface area contributed by atoms with Crippen LogP contribution in [0.2, 0.25) is 0 Å². The van der Waals surface area contributed by atoms with Crippen LogP contribution in [0.4, 0.5) is 0 Å². The van der Waals surface area contributed by atoms with Crippen LogP contribution in [0.1, 0.15) is 21.7 Å². The predicted octanol–water partition coefficient (Wildman–Crippen LogP) is 3.12. The summed E-state index contributed by atoms with van der Waals surface area (Å²) < 4.78 is 10.4. The molecule has 1 N–H and O–H groups in total. The van der Waals surface area contributed by atoms with Gasteiger partial charge in [0.1, 0.15) is 23.2 Å². The summed E-state index contributed by atoms with van der Waals surface area (Å²) in [6, 6.07) is 14.9. The molecule has 0 aliphatic heterocycles. The fourth-order valence-electron chi connectivity index (χ4n) is 2.28. The van der Waals surface area contributed by atoms with Crippen molar-refractivity contribution in [2.24, 2.45) is 0 Å². The number of rotatable bonds is 6. The van der Waals surface area contributed by atoms with Crippen LogP contribution < -0.4 is 10.1 Å². The number of nitriles is 1. The zero-order chi connectivity index (χ0) is 19.8. The van der Waals surface area contributed by atoms with Crippen LogP contribution in [-0.4, -0.2) is 16.9 Å². The summed E-state index contributed by atoms with van der Waals surface area (Å²) in [5.74, 6) is -0.0708. The highest BCUT2D eigenvalue weighted by Crippen LogP contribution is 2.16. The smallest absolute Gasteiger partial charge is 0.343 e. The molecule has 0 bridgehead atoms. The number of ether oxygens (including phenoxy) is 1. The Balaban J connectivity index is 1.63.